The zero-order chi connectivity index (χ0) is 76.8. The van der Waals surface area contributed by atoms with E-state index in [1.807, 2.05) is 13.8 Å². The summed E-state index contributed by atoms with van der Waals surface area (Å²) in [4.78, 5) is 95.8. The second kappa shape index (κ2) is 42.8. The molecule has 0 aromatic rings. The van der Waals surface area contributed by atoms with Gasteiger partial charge in [0.25, 0.3) is 0 Å². The summed E-state index contributed by atoms with van der Waals surface area (Å²) < 4.78 is 48.6. The van der Waals surface area contributed by atoms with Crippen LogP contribution in [0.25, 0.3) is 0 Å². The first kappa shape index (κ1) is 82.4. The molecule has 8 rings (SSSR count). The number of hydrogen-bond acceptors (Lipinski definition) is 14. The van der Waals surface area contributed by atoms with Gasteiger partial charge in [-0.2, -0.15) is 0 Å². The van der Waals surface area contributed by atoms with E-state index < -0.39 is 41.9 Å². The van der Waals surface area contributed by atoms with E-state index in [9.17, 15) is 38.4 Å². The number of ether oxygens (including phenoxy) is 4. The maximum atomic E-state index is 12.8. The van der Waals surface area contributed by atoms with Crippen LogP contribution in [0.2, 0.25) is 0 Å². The SMILES string of the molecule is C.CC.[2H]CC(COC(=O)CCC(=O)NC)NC(=O)CCC(=O)O[C@H]1CC[C@@]2(C)C(=CCC3C2CC[C@@]2(C)C3CC[C@@H]2[C@H](C)CCCC(C)C)C1.[2H]CC(COC(=O)CCC(=O)O)NC(=O)CCC(=O)O[C@H]1CC[C@@]2(C)C(=CCC3C2CC[C@@]2(C)C3CC[C@@H]2[C@H](C)CCCC(C)C)C1.[3H]OC.[3H]OC. The molecule has 8 aliphatic rings. The zero-order valence-corrected chi connectivity index (χ0v) is 64.1. The lowest BCUT2D eigenvalue weighted by atomic mass is 9.47. The highest BCUT2D eigenvalue weighted by molar-refractivity contribution is 5.83. The maximum absolute atomic E-state index is 12.8. The van der Waals surface area contributed by atoms with Crippen LogP contribution in [-0.2, 0) is 57.3 Å². The van der Waals surface area contributed by atoms with Crippen LogP contribution in [0.1, 0.15) is 300 Å². The first-order chi connectivity index (χ1) is 48.9. The molecule has 6 fully saturated rings. The number of rotatable bonds is 30. The second-order valence-electron chi connectivity index (χ2n) is 32.3. The topological polar surface area (TPSA) is 270 Å². The molecule has 0 aromatic heterocycles. The molecule has 0 saturated heterocycles. The third kappa shape index (κ3) is 24.7. The van der Waals surface area contributed by atoms with Gasteiger partial charge in [0.15, 0.2) is 0 Å². The minimum absolute atomic E-state index is 0. The van der Waals surface area contributed by atoms with Crippen LogP contribution in [-0.4, -0.2) is 125 Å². The summed E-state index contributed by atoms with van der Waals surface area (Å²) in [6.45, 7) is 27.9. The van der Waals surface area contributed by atoms with E-state index in [0.29, 0.717) is 22.7 Å². The molecule has 0 aliphatic heterocycles. The number of nitrogens with one attached hydrogen (secondary N) is 3. The Hall–Kier alpha value is -4.84. The Bertz CT molecular complexity index is 2730. The van der Waals surface area contributed by atoms with Gasteiger partial charge in [-0.25, -0.2) is 0 Å². The highest BCUT2D eigenvalue weighted by Crippen LogP contribution is 2.69. The van der Waals surface area contributed by atoms with Gasteiger partial charge in [0.05, 0.1) is 44.2 Å². The number of carboxylic acids is 1. The largest absolute Gasteiger partial charge is 0.481 e. The van der Waals surface area contributed by atoms with Crippen LogP contribution in [0.3, 0.4) is 0 Å². The van der Waals surface area contributed by atoms with E-state index >= 15 is 0 Å². The molecule has 0 bridgehead atoms. The Morgan fingerprint density at radius 2 is 0.900 bits per heavy atom. The fourth-order valence-electron chi connectivity index (χ4n) is 20.2. The quantitative estimate of drug-likeness (QED) is 0.0222. The molecule has 8 unspecified atom stereocenters. The van der Waals surface area contributed by atoms with Crippen molar-refractivity contribution in [3.05, 3.63) is 23.3 Å². The van der Waals surface area contributed by atoms with Crippen LogP contribution in [0.15, 0.2) is 23.3 Å². The van der Waals surface area contributed by atoms with E-state index in [1.54, 1.807) is 0 Å². The van der Waals surface area contributed by atoms with E-state index in [4.69, 9.17) is 29.7 Å². The van der Waals surface area contributed by atoms with E-state index in [2.05, 4.69) is 108 Å². The van der Waals surface area contributed by atoms with E-state index in [0.717, 1.165) is 111 Å². The monoisotopic (exact) mass is 1420 g/mol. The molecule has 576 valence electrons. The number of carbonyl (C=O) groups is 8. The van der Waals surface area contributed by atoms with Gasteiger partial charge in [0.2, 0.25) is 20.6 Å². The fourth-order valence-corrected chi connectivity index (χ4v) is 20.2. The van der Waals surface area contributed by atoms with Crippen molar-refractivity contribution in [3.63, 3.8) is 0 Å². The number of amides is 3. The summed E-state index contributed by atoms with van der Waals surface area (Å²) in [6, 6.07) is -1.40. The number of fused-ring (bicyclic) bond motifs is 10. The van der Waals surface area contributed by atoms with Crippen molar-refractivity contribution in [1.29, 1.82) is 2.86 Å². The number of carboxylic acid groups (broad SMARTS) is 1. The predicted molar refractivity (Wildman–Crippen MR) is 396 cm³/mol. The van der Waals surface area contributed by atoms with Gasteiger partial charge < -0.3 is 50.2 Å². The van der Waals surface area contributed by atoms with Crippen molar-refractivity contribution < 1.29 is 75.4 Å². The third-order valence-corrected chi connectivity index (χ3v) is 25.2. The van der Waals surface area contributed by atoms with Crippen molar-refractivity contribution in [1.82, 2.24) is 16.0 Å². The Morgan fingerprint density at radius 1 is 0.530 bits per heavy atom. The molecule has 18 nitrogen and oxygen atoms in total. The van der Waals surface area contributed by atoms with Crippen molar-refractivity contribution >= 4 is 47.6 Å². The average Bonchev–Trinajstić information content (AvgIpc) is 1.35. The minimum Gasteiger partial charge on any atom is -0.481 e. The molecular formula is C82H143N3O15. The summed E-state index contributed by atoms with van der Waals surface area (Å²) >= 11 is 0. The van der Waals surface area contributed by atoms with Crippen LogP contribution in [0, 0.1) is 92.7 Å². The molecule has 18 atom stereocenters. The minimum atomic E-state index is -1.10. The van der Waals surface area contributed by atoms with Crippen LogP contribution < -0.4 is 16.0 Å². The van der Waals surface area contributed by atoms with Gasteiger partial charge in [-0.3, -0.25) is 38.4 Å². The number of aliphatic carboxylic acids is 1. The lowest BCUT2D eigenvalue weighted by Crippen LogP contribution is -2.51. The zero-order valence-electron chi connectivity index (χ0n) is 68.1. The van der Waals surface area contributed by atoms with Crippen molar-refractivity contribution in [3.8, 4) is 0 Å². The Labute approximate surface area is 610 Å². The molecule has 6 saturated carbocycles. The van der Waals surface area contributed by atoms with E-state index in [1.165, 1.54) is 122 Å². The predicted octanol–water partition coefficient (Wildman–Crippen LogP) is 15.8. The number of hydrogen-bond donors (Lipinski definition) is 6. The standard InChI is InChI=1S/C39H64N2O6.C38H61NO7.C2H6.2CH4O.CH4/c1-25(2)9-8-10-26(3)31-13-14-32-30-12-11-28-23-29(19-21-38(28,5)33(30)20-22-39(31,32)6)47-37(45)18-16-35(43)41-27(4)24-46-36(44)17-15-34(42)40-7;1-24(2)8-7-9-25(3)30-12-13-31-29-11-10-27-22-28(18-20-37(27,5)32(29)19-21-38(30,31)6)46-36(44)16-14-33(40)39-26(4)23-45-35(43)17-15-34(41)42;3*1-2;/h11,25-27,29-33H,8-10,12-24H2,1-7H3,(H,40,42)(H,41,43);10,24-26,28-32H,7-9,11-23H2,1-6H3,(H,39,40)(H,41,42);1-2H3;2*2H,1H3;1H4/t26-,27?,29+,30?,31-,32?,33?,38+,39-;25-,26?,28+,29?,30-,31?,32?,37+,38-;;;;/m11..../s1/i2*4D;;2*2T;. The Balaban J connectivity index is 0.000000487. The highest BCUT2D eigenvalue weighted by Gasteiger charge is 2.61. The number of aliphatic hydroxyl groups is 2. The fraction of sp³-hybridized carbons (Fsp3) is 0.854. The lowest BCUT2D eigenvalue weighted by molar-refractivity contribution is -0.153. The van der Waals surface area contributed by atoms with Crippen LogP contribution in [0.5, 0.6) is 0 Å². The van der Waals surface area contributed by atoms with Crippen LogP contribution >= 0.6 is 0 Å². The Morgan fingerprint density at radius 3 is 1.26 bits per heavy atom. The number of carbonyl (C=O) groups excluding carboxylic acids is 7. The maximum Gasteiger partial charge on any atom is 0.306 e. The smallest absolute Gasteiger partial charge is 0.306 e. The Kier molecular flexibility index (Phi) is 35.3. The first-order valence-corrected chi connectivity index (χ1v) is 38.6. The normalized spacial score (nSPS) is 31.2. The summed E-state index contributed by atoms with van der Waals surface area (Å²) in [6.07, 6.45) is 30.5. The van der Waals surface area contributed by atoms with Gasteiger partial charge in [0, 0.05) is 56.1 Å². The molecule has 3 amide bonds. The molecule has 100 heavy (non-hydrogen) atoms. The van der Waals surface area contributed by atoms with Gasteiger partial charge in [-0.1, -0.05) is 152 Å². The highest BCUT2D eigenvalue weighted by atomic mass is 16.6. The molecule has 8 aliphatic carbocycles. The average molecular weight is 1420 g/mol. The number of allylic oxidation sites excluding steroid dienone is 2. The summed E-state index contributed by atoms with van der Waals surface area (Å²) in [7, 11) is 4.08. The molecule has 18 heteroatoms. The molecule has 0 heterocycles. The molecule has 0 spiro atoms. The van der Waals surface area contributed by atoms with Crippen molar-refractivity contribution in [2.24, 2.45) is 92.7 Å². The summed E-state index contributed by atoms with van der Waals surface area (Å²) in [5.74, 6) is 5.31. The van der Waals surface area contributed by atoms with E-state index in [-0.39, 0.29) is 127 Å². The van der Waals surface area contributed by atoms with Gasteiger partial charge >= 0.3 is 29.8 Å². The molecular weight excluding hydrogens is 1270 g/mol. The molecule has 0 aromatic carbocycles. The second-order valence-corrected chi connectivity index (χ2v) is 32.3. The number of esters is 4. The van der Waals surface area contributed by atoms with Gasteiger partial charge in [-0.15, -0.1) is 0 Å². The first-order valence-electron chi connectivity index (χ1n) is 40.8. The van der Waals surface area contributed by atoms with Crippen molar-refractivity contribution in [2.45, 2.75) is 321 Å². The summed E-state index contributed by atoms with van der Waals surface area (Å²) in [5, 5.41) is 23.4. The molecule has 0 radical (unpaired) electrons. The van der Waals surface area contributed by atoms with Crippen molar-refractivity contribution in [2.75, 3.05) is 34.5 Å². The third-order valence-electron chi connectivity index (χ3n) is 25.2. The lowest BCUT2D eigenvalue weighted by Gasteiger charge is -2.58. The van der Waals surface area contributed by atoms with Gasteiger partial charge in [0.1, 0.15) is 25.4 Å². The summed E-state index contributed by atoms with van der Waals surface area (Å²) in [5.41, 5.74) is 4.25. The van der Waals surface area contributed by atoms with Gasteiger partial charge in [-0.05, 0) is 196 Å². The van der Waals surface area contributed by atoms with Crippen LogP contribution in [0.4, 0.5) is 0 Å². The molecule has 6 N–H and O–H groups in total. The number of aliphatic hydroxyl groups excluding tert-OH is 2.